The molecule has 0 bridgehead atoms. The van der Waals surface area contributed by atoms with Gasteiger partial charge in [0.1, 0.15) is 0 Å². The van der Waals surface area contributed by atoms with Gasteiger partial charge >= 0.3 is 0 Å². The molecule has 0 radical (unpaired) electrons. The largest absolute Gasteiger partial charge is 0.316 e. The van der Waals surface area contributed by atoms with E-state index in [1.54, 1.807) is 5.56 Å². The Balaban J connectivity index is 2.28. The zero-order valence-electron chi connectivity index (χ0n) is 13.6. The van der Waals surface area contributed by atoms with E-state index < -0.39 is 0 Å². The minimum absolute atomic E-state index is 0.377. The number of nitrogens with one attached hydrogen (secondary N) is 1. The van der Waals surface area contributed by atoms with Crippen LogP contribution < -0.4 is 5.32 Å². The Kier molecular flexibility index (Phi) is 5.65. The molecule has 1 heteroatoms. The first kappa shape index (κ1) is 15.6. The van der Waals surface area contributed by atoms with Crippen molar-refractivity contribution in [1.29, 1.82) is 0 Å². The lowest BCUT2D eigenvalue weighted by molar-refractivity contribution is 0.347. The van der Waals surface area contributed by atoms with E-state index in [2.05, 4.69) is 44.3 Å². The molecule has 0 unspecified atom stereocenters. The van der Waals surface area contributed by atoms with Gasteiger partial charge in [0.05, 0.1) is 0 Å². The Hall–Kier alpha value is -0.820. The number of rotatable bonds is 5. The molecule has 0 heterocycles. The second-order valence-electron chi connectivity index (χ2n) is 6.75. The molecule has 0 saturated heterocycles. The lowest BCUT2D eigenvalue weighted by Crippen LogP contribution is -2.38. The highest BCUT2D eigenvalue weighted by Gasteiger charge is 2.32. The van der Waals surface area contributed by atoms with Crippen LogP contribution in [0.1, 0.15) is 68.6 Å². The molecular formula is C19H31N. The van der Waals surface area contributed by atoms with Crippen molar-refractivity contribution in [1.82, 2.24) is 5.32 Å². The van der Waals surface area contributed by atoms with E-state index in [0.717, 1.165) is 13.1 Å². The van der Waals surface area contributed by atoms with Gasteiger partial charge < -0.3 is 5.32 Å². The van der Waals surface area contributed by atoms with Crippen LogP contribution in [0.3, 0.4) is 0 Å². The highest BCUT2D eigenvalue weighted by molar-refractivity contribution is 5.34. The Morgan fingerprint density at radius 2 is 1.55 bits per heavy atom. The van der Waals surface area contributed by atoms with E-state index in [9.17, 15) is 0 Å². The Bertz CT molecular complexity index is 394. The predicted octanol–water partition coefficient (Wildman–Crippen LogP) is 4.90. The number of hydrogen-bond donors (Lipinski definition) is 1. The van der Waals surface area contributed by atoms with Crippen LogP contribution in [-0.2, 0) is 5.41 Å². The van der Waals surface area contributed by atoms with E-state index in [0.29, 0.717) is 5.41 Å². The van der Waals surface area contributed by atoms with Gasteiger partial charge in [0, 0.05) is 12.0 Å². The van der Waals surface area contributed by atoms with Gasteiger partial charge in [-0.25, -0.2) is 0 Å². The van der Waals surface area contributed by atoms with Crippen molar-refractivity contribution in [3.05, 3.63) is 34.9 Å². The summed E-state index contributed by atoms with van der Waals surface area (Å²) < 4.78 is 0. The topological polar surface area (TPSA) is 12.0 Å². The SMILES string of the molecule is CCCNCC1(c2cc(C)cc(C)c2)CCCCCC1. The van der Waals surface area contributed by atoms with Crippen molar-refractivity contribution in [2.75, 3.05) is 13.1 Å². The summed E-state index contributed by atoms with van der Waals surface area (Å²) >= 11 is 0. The molecule has 0 atom stereocenters. The van der Waals surface area contributed by atoms with Crippen molar-refractivity contribution >= 4 is 0 Å². The summed E-state index contributed by atoms with van der Waals surface area (Å²) in [7, 11) is 0. The molecule has 1 nitrogen and oxygen atoms in total. The molecule has 1 saturated carbocycles. The zero-order valence-corrected chi connectivity index (χ0v) is 13.6. The number of aryl methyl sites for hydroxylation is 2. The molecule has 1 aromatic carbocycles. The second kappa shape index (κ2) is 7.26. The van der Waals surface area contributed by atoms with Crippen LogP contribution in [0, 0.1) is 13.8 Å². The average molecular weight is 273 g/mol. The van der Waals surface area contributed by atoms with Crippen LogP contribution in [0.2, 0.25) is 0 Å². The fourth-order valence-electron chi connectivity index (χ4n) is 3.76. The quantitative estimate of drug-likeness (QED) is 0.594. The molecule has 2 rings (SSSR count). The summed E-state index contributed by atoms with van der Waals surface area (Å²) in [5, 5.41) is 3.71. The minimum Gasteiger partial charge on any atom is -0.316 e. The van der Waals surface area contributed by atoms with Crippen molar-refractivity contribution in [2.24, 2.45) is 0 Å². The van der Waals surface area contributed by atoms with Gasteiger partial charge in [-0.3, -0.25) is 0 Å². The molecule has 0 spiro atoms. The average Bonchev–Trinajstić information content (AvgIpc) is 2.64. The summed E-state index contributed by atoms with van der Waals surface area (Å²) in [5.41, 5.74) is 4.79. The molecule has 20 heavy (non-hydrogen) atoms. The van der Waals surface area contributed by atoms with E-state index in [-0.39, 0.29) is 0 Å². The van der Waals surface area contributed by atoms with Gasteiger partial charge in [0.25, 0.3) is 0 Å². The lowest BCUT2D eigenvalue weighted by atomic mass is 9.73. The summed E-state index contributed by atoms with van der Waals surface area (Å²) in [5.74, 6) is 0. The maximum atomic E-state index is 3.71. The Labute approximate surface area is 125 Å². The third kappa shape index (κ3) is 3.85. The Morgan fingerprint density at radius 1 is 0.950 bits per heavy atom. The number of benzene rings is 1. The summed E-state index contributed by atoms with van der Waals surface area (Å²) in [6, 6.07) is 7.17. The van der Waals surface area contributed by atoms with E-state index in [4.69, 9.17) is 0 Å². The van der Waals surface area contributed by atoms with Crippen LogP contribution in [0.4, 0.5) is 0 Å². The molecule has 112 valence electrons. The van der Waals surface area contributed by atoms with Crippen LogP contribution in [0.5, 0.6) is 0 Å². The van der Waals surface area contributed by atoms with Crippen molar-refractivity contribution < 1.29 is 0 Å². The Morgan fingerprint density at radius 3 is 2.10 bits per heavy atom. The normalized spacial score (nSPS) is 18.8. The number of hydrogen-bond acceptors (Lipinski definition) is 1. The highest BCUT2D eigenvalue weighted by Crippen LogP contribution is 2.38. The molecule has 0 aromatic heterocycles. The smallest absolute Gasteiger partial charge is 0.00779 e. The van der Waals surface area contributed by atoms with Gasteiger partial charge in [-0.15, -0.1) is 0 Å². The first-order valence-electron chi connectivity index (χ1n) is 8.46. The fourth-order valence-corrected chi connectivity index (χ4v) is 3.76. The van der Waals surface area contributed by atoms with Gasteiger partial charge in [-0.05, 0) is 45.2 Å². The van der Waals surface area contributed by atoms with Gasteiger partial charge in [0.2, 0.25) is 0 Å². The molecule has 0 amide bonds. The predicted molar refractivity (Wildman–Crippen MR) is 88.5 cm³/mol. The zero-order chi connectivity index (χ0) is 14.4. The standard InChI is InChI=1S/C19H31N/c1-4-11-20-15-19(9-7-5-6-8-10-19)18-13-16(2)12-17(3)14-18/h12-14,20H,4-11,15H2,1-3H3. The molecule has 1 N–H and O–H groups in total. The van der Waals surface area contributed by atoms with Crippen molar-refractivity contribution in [2.45, 2.75) is 71.1 Å². The van der Waals surface area contributed by atoms with Crippen LogP contribution >= 0.6 is 0 Å². The minimum atomic E-state index is 0.377. The van der Waals surface area contributed by atoms with Crippen molar-refractivity contribution in [3.63, 3.8) is 0 Å². The summed E-state index contributed by atoms with van der Waals surface area (Å²) in [4.78, 5) is 0. The van der Waals surface area contributed by atoms with E-state index in [1.165, 1.54) is 56.1 Å². The fraction of sp³-hybridized carbons (Fsp3) is 0.684. The second-order valence-corrected chi connectivity index (χ2v) is 6.75. The third-order valence-corrected chi connectivity index (χ3v) is 4.78. The van der Waals surface area contributed by atoms with Crippen LogP contribution in [0.15, 0.2) is 18.2 Å². The lowest BCUT2D eigenvalue weighted by Gasteiger charge is -2.34. The maximum Gasteiger partial charge on any atom is 0.00779 e. The molecular weight excluding hydrogens is 242 g/mol. The monoisotopic (exact) mass is 273 g/mol. The molecule has 1 aliphatic carbocycles. The van der Waals surface area contributed by atoms with Gasteiger partial charge in [-0.2, -0.15) is 0 Å². The first-order valence-corrected chi connectivity index (χ1v) is 8.46. The van der Waals surface area contributed by atoms with Crippen LogP contribution in [0.25, 0.3) is 0 Å². The molecule has 0 aliphatic heterocycles. The highest BCUT2D eigenvalue weighted by atomic mass is 14.9. The van der Waals surface area contributed by atoms with Crippen LogP contribution in [-0.4, -0.2) is 13.1 Å². The summed E-state index contributed by atoms with van der Waals surface area (Å²) in [6.07, 6.45) is 9.55. The molecule has 1 fully saturated rings. The molecule has 1 aromatic rings. The van der Waals surface area contributed by atoms with E-state index in [1.807, 2.05) is 0 Å². The summed E-state index contributed by atoms with van der Waals surface area (Å²) in [6.45, 7) is 9.03. The van der Waals surface area contributed by atoms with Crippen molar-refractivity contribution in [3.8, 4) is 0 Å². The molecule has 1 aliphatic rings. The maximum absolute atomic E-state index is 3.71. The third-order valence-electron chi connectivity index (χ3n) is 4.78. The first-order chi connectivity index (χ1) is 9.66. The van der Waals surface area contributed by atoms with Gasteiger partial charge in [0.15, 0.2) is 0 Å². The van der Waals surface area contributed by atoms with Gasteiger partial charge in [-0.1, -0.05) is 61.9 Å². The van der Waals surface area contributed by atoms with E-state index >= 15 is 0 Å².